The average Bonchev–Trinajstić information content (AvgIpc) is 3.22. The third-order valence-corrected chi connectivity index (χ3v) is 12.3. The van der Waals surface area contributed by atoms with Gasteiger partial charge in [0.15, 0.2) is 6.29 Å². The number of nitrogens with one attached hydrogen (secondary N) is 1. The lowest BCUT2D eigenvalue weighted by Crippen LogP contribution is -2.61. The van der Waals surface area contributed by atoms with E-state index in [2.05, 4.69) is 23.3 Å². The second kappa shape index (κ2) is 38.3. The summed E-state index contributed by atoms with van der Waals surface area (Å²) in [6.45, 7) is 3.38. The molecule has 0 aromatic rings. The lowest BCUT2D eigenvalue weighted by Gasteiger charge is -2.41. The van der Waals surface area contributed by atoms with E-state index in [1.54, 1.807) is 6.08 Å². The molecule has 1 rings (SSSR count). The number of rotatable bonds is 42. The van der Waals surface area contributed by atoms with Crippen molar-refractivity contribution in [3.63, 3.8) is 0 Å². The fourth-order valence-corrected chi connectivity index (χ4v) is 8.49. The minimum atomic E-state index is -5.08. The lowest BCUT2D eigenvalue weighted by atomic mass is 9.99. The van der Waals surface area contributed by atoms with Gasteiger partial charge in [0.25, 0.3) is 0 Å². The minimum Gasteiger partial charge on any atom is -0.394 e. The summed E-state index contributed by atoms with van der Waals surface area (Å²) in [5.74, 6) is -0.263. The van der Waals surface area contributed by atoms with E-state index < -0.39 is 59.9 Å². The SMILES string of the molecule is CCCCCCCCCCCCCCCCCCCCCCC/C=C/C(O)C(COC1OC(CO)C(O)C(OS(=O)(=O)O)C1O)NC(=O)CCCCCCCCCCCC. The molecule has 1 aliphatic heterocycles. The van der Waals surface area contributed by atoms with Gasteiger partial charge in [0.2, 0.25) is 5.91 Å². The largest absolute Gasteiger partial charge is 0.397 e. The smallest absolute Gasteiger partial charge is 0.394 e. The number of hydrogen-bond donors (Lipinski definition) is 6. The van der Waals surface area contributed by atoms with Crippen molar-refractivity contribution in [1.82, 2.24) is 5.32 Å². The molecule has 0 bridgehead atoms. The molecular weight excluding hydrogens is 787 g/mol. The first-order chi connectivity index (χ1) is 29.0. The van der Waals surface area contributed by atoms with Gasteiger partial charge in [0.05, 0.1) is 25.4 Å². The monoisotopic (exact) mass is 878 g/mol. The minimum absolute atomic E-state index is 0.263. The van der Waals surface area contributed by atoms with E-state index in [9.17, 15) is 38.2 Å². The normalized spacial score (nSPS) is 20.8. The summed E-state index contributed by atoms with van der Waals surface area (Å²) in [6, 6.07) is -0.937. The van der Waals surface area contributed by atoms with Crippen LogP contribution in [0, 0.1) is 0 Å². The topological polar surface area (TPSA) is 192 Å². The molecule has 7 atom stereocenters. The van der Waals surface area contributed by atoms with Gasteiger partial charge < -0.3 is 35.2 Å². The number of carbonyl (C=O) groups excluding carboxylic acids is 1. The maximum absolute atomic E-state index is 13.0. The molecule has 1 saturated heterocycles. The zero-order valence-electron chi connectivity index (χ0n) is 38.0. The van der Waals surface area contributed by atoms with Crippen LogP contribution in [0.1, 0.15) is 226 Å². The second-order valence-corrected chi connectivity index (χ2v) is 18.5. The maximum atomic E-state index is 13.0. The third-order valence-electron chi connectivity index (χ3n) is 11.8. The van der Waals surface area contributed by atoms with Gasteiger partial charge in [-0.2, -0.15) is 8.42 Å². The van der Waals surface area contributed by atoms with Crippen molar-refractivity contribution in [3.05, 3.63) is 12.2 Å². The standard InChI is InChI=1S/C47H91NO11S/c1-3-5-7-9-11-13-15-16-17-18-19-20-21-22-23-24-25-26-27-28-30-32-34-36-41(50)40(48-43(51)37-35-33-31-29-14-12-10-8-6-4-2)39-57-47-45(53)46(59-60(54,55)56)44(52)42(38-49)58-47/h34,36,40-42,44-47,49-50,52-53H,3-33,35,37-39H2,1-2H3,(H,48,51)(H,54,55,56)/b36-34+. The number of amides is 1. The Labute approximate surface area is 366 Å². The highest BCUT2D eigenvalue weighted by molar-refractivity contribution is 7.80. The molecule has 12 nitrogen and oxygen atoms in total. The molecule has 1 fully saturated rings. The van der Waals surface area contributed by atoms with E-state index >= 15 is 0 Å². The molecule has 1 aliphatic rings. The second-order valence-electron chi connectivity index (χ2n) is 17.4. The molecule has 0 radical (unpaired) electrons. The van der Waals surface area contributed by atoms with Gasteiger partial charge in [-0.25, -0.2) is 4.18 Å². The summed E-state index contributed by atoms with van der Waals surface area (Å²) in [6.07, 6.45) is 34.1. The van der Waals surface area contributed by atoms with E-state index in [1.807, 2.05) is 6.08 Å². The predicted molar refractivity (Wildman–Crippen MR) is 241 cm³/mol. The van der Waals surface area contributed by atoms with Crippen molar-refractivity contribution >= 4 is 16.3 Å². The van der Waals surface area contributed by atoms with Crippen molar-refractivity contribution in [2.75, 3.05) is 13.2 Å². The van der Waals surface area contributed by atoms with Crippen molar-refractivity contribution < 1.29 is 51.8 Å². The molecule has 6 N–H and O–H groups in total. The van der Waals surface area contributed by atoms with Crippen molar-refractivity contribution in [3.8, 4) is 0 Å². The first kappa shape index (κ1) is 56.9. The maximum Gasteiger partial charge on any atom is 0.397 e. The van der Waals surface area contributed by atoms with Crippen molar-refractivity contribution in [1.29, 1.82) is 0 Å². The molecule has 1 heterocycles. The van der Waals surface area contributed by atoms with Crippen molar-refractivity contribution in [2.45, 2.75) is 269 Å². The quantitative estimate of drug-likeness (QED) is 0.0194. The van der Waals surface area contributed by atoms with Gasteiger partial charge in [-0.05, 0) is 19.3 Å². The van der Waals surface area contributed by atoms with Gasteiger partial charge >= 0.3 is 10.4 Å². The molecule has 0 spiro atoms. The number of hydrogen-bond acceptors (Lipinski definition) is 10. The Hall–Kier alpha value is -1.16. The summed E-state index contributed by atoms with van der Waals surface area (Å²) in [5.41, 5.74) is 0. The van der Waals surface area contributed by atoms with E-state index in [-0.39, 0.29) is 18.9 Å². The Kier molecular flexibility index (Phi) is 36.3. The Bertz CT molecular complexity index is 1130. The predicted octanol–water partition coefficient (Wildman–Crippen LogP) is 9.95. The fraction of sp³-hybridized carbons (Fsp3) is 0.936. The molecule has 0 saturated carbocycles. The van der Waals surface area contributed by atoms with Crippen LogP contribution in [-0.2, 0) is 28.9 Å². The Morgan fingerprint density at radius 3 is 1.45 bits per heavy atom. The van der Waals surface area contributed by atoms with Crippen LogP contribution in [0.4, 0.5) is 0 Å². The molecule has 13 heteroatoms. The number of aliphatic hydroxyl groups is 4. The van der Waals surface area contributed by atoms with E-state index in [4.69, 9.17) is 9.47 Å². The number of carbonyl (C=O) groups is 1. The van der Waals surface area contributed by atoms with Crippen LogP contribution in [0.2, 0.25) is 0 Å². The average molecular weight is 878 g/mol. The molecule has 7 unspecified atom stereocenters. The van der Waals surface area contributed by atoms with Crippen LogP contribution < -0.4 is 5.32 Å². The molecule has 356 valence electrons. The summed E-state index contributed by atoms with van der Waals surface area (Å²) < 4.78 is 47.6. The molecular formula is C47H91NO11S. The van der Waals surface area contributed by atoms with E-state index in [0.717, 1.165) is 38.5 Å². The van der Waals surface area contributed by atoms with Gasteiger partial charge in [0, 0.05) is 6.42 Å². The highest BCUT2D eigenvalue weighted by atomic mass is 32.3. The number of unbranched alkanes of at least 4 members (excludes halogenated alkanes) is 30. The van der Waals surface area contributed by atoms with Gasteiger partial charge in [0.1, 0.15) is 24.4 Å². The van der Waals surface area contributed by atoms with E-state index in [0.29, 0.717) is 6.42 Å². The number of ether oxygens (including phenoxy) is 2. The third kappa shape index (κ3) is 30.8. The molecule has 0 aliphatic carbocycles. The summed E-state index contributed by atoms with van der Waals surface area (Å²) >= 11 is 0. The van der Waals surface area contributed by atoms with Gasteiger partial charge in [-0.15, -0.1) is 0 Å². The summed E-state index contributed by atoms with van der Waals surface area (Å²) in [4.78, 5) is 13.0. The van der Waals surface area contributed by atoms with Crippen molar-refractivity contribution in [2.24, 2.45) is 0 Å². The molecule has 0 aromatic heterocycles. The Balaban J connectivity index is 2.41. The molecule has 0 aromatic carbocycles. The molecule has 60 heavy (non-hydrogen) atoms. The van der Waals surface area contributed by atoms with Crippen LogP contribution in [0.5, 0.6) is 0 Å². The number of allylic oxidation sites excluding steroid dienone is 1. The fourth-order valence-electron chi connectivity index (χ4n) is 7.98. The first-order valence-corrected chi connectivity index (χ1v) is 25.9. The highest BCUT2D eigenvalue weighted by Gasteiger charge is 2.48. The summed E-state index contributed by atoms with van der Waals surface area (Å²) in [7, 11) is -5.08. The van der Waals surface area contributed by atoms with Gasteiger partial charge in [-0.1, -0.05) is 212 Å². The van der Waals surface area contributed by atoms with Crippen LogP contribution in [0.15, 0.2) is 12.2 Å². The highest BCUT2D eigenvalue weighted by Crippen LogP contribution is 2.26. The number of aliphatic hydroxyl groups excluding tert-OH is 4. The Morgan fingerprint density at radius 2 is 1.05 bits per heavy atom. The van der Waals surface area contributed by atoms with Crippen LogP contribution in [0.25, 0.3) is 0 Å². The van der Waals surface area contributed by atoms with E-state index in [1.165, 1.54) is 161 Å². The zero-order valence-corrected chi connectivity index (χ0v) is 38.9. The van der Waals surface area contributed by atoms with Crippen LogP contribution in [0.3, 0.4) is 0 Å². The first-order valence-electron chi connectivity index (χ1n) is 24.6. The van der Waals surface area contributed by atoms with Gasteiger partial charge in [-0.3, -0.25) is 9.35 Å². The zero-order chi connectivity index (χ0) is 44.1. The summed E-state index contributed by atoms with van der Waals surface area (Å²) in [5, 5.41) is 44.7. The van der Waals surface area contributed by atoms with Crippen LogP contribution in [-0.4, -0.2) is 95.4 Å². The Morgan fingerprint density at radius 1 is 0.650 bits per heavy atom. The van der Waals surface area contributed by atoms with Crippen LogP contribution >= 0.6 is 0 Å². The molecule has 1 amide bonds. The lowest BCUT2D eigenvalue weighted by molar-refractivity contribution is -0.298.